The Hall–Kier alpha value is -1.53. The Bertz CT molecular complexity index is 641. The van der Waals surface area contributed by atoms with E-state index < -0.39 is 11.5 Å². The van der Waals surface area contributed by atoms with Gasteiger partial charge in [-0.3, -0.25) is 14.2 Å². The van der Waals surface area contributed by atoms with Crippen LogP contribution in [0.4, 0.5) is 4.39 Å². The van der Waals surface area contributed by atoms with Gasteiger partial charge in [0.05, 0.1) is 11.7 Å². The average molecular weight is 308 g/mol. The summed E-state index contributed by atoms with van der Waals surface area (Å²) in [5, 5.41) is 0. The Balaban J connectivity index is 1.58. The predicted octanol–water partition coefficient (Wildman–Crippen LogP) is 1.30. The number of likely N-dealkylation sites (tertiary alicyclic amines) is 1. The van der Waals surface area contributed by atoms with Crippen molar-refractivity contribution in [2.24, 2.45) is 5.41 Å². The van der Waals surface area contributed by atoms with Crippen LogP contribution in [0.5, 0.6) is 0 Å². The third-order valence-electron chi connectivity index (χ3n) is 4.91. The van der Waals surface area contributed by atoms with Crippen LogP contribution < -0.4 is 5.56 Å². The quantitative estimate of drug-likeness (QED) is 0.608. The molecular weight excluding hydrogens is 287 g/mol. The van der Waals surface area contributed by atoms with Gasteiger partial charge in [-0.2, -0.15) is 4.39 Å². The molecule has 3 rings (SSSR count). The molecule has 0 unspecified atom stereocenters. The van der Waals surface area contributed by atoms with Crippen molar-refractivity contribution >= 4 is 5.78 Å². The van der Waals surface area contributed by atoms with E-state index in [2.05, 4.69) is 4.90 Å². The summed E-state index contributed by atoms with van der Waals surface area (Å²) in [6.07, 6.45) is 2.57. The number of ketones is 1. The van der Waals surface area contributed by atoms with Crippen LogP contribution in [0, 0.1) is 11.4 Å². The molecule has 2 heterocycles. The van der Waals surface area contributed by atoms with Gasteiger partial charge in [0.25, 0.3) is 5.56 Å². The first-order chi connectivity index (χ1) is 10.4. The van der Waals surface area contributed by atoms with Gasteiger partial charge in [-0.05, 0) is 31.9 Å². The number of aromatic nitrogens is 1. The zero-order chi connectivity index (χ0) is 15.9. The summed E-state index contributed by atoms with van der Waals surface area (Å²) in [4.78, 5) is 25.7. The molecule has 2 aliphatic rings. The maximum absolute atomic E-state index is 13.8. The number of hydrogen-bond donors (Lipinski definition) is 0. The topological polar surface area (TPSA) is 51.5 Å². The van der Waals surface area contributed by atoms with Crippen molar-refractivity contribution in [3.05, 3.63) is 34.0 Å². The van der Waals surface area contributed by atoms with E-state index in [-0.39, 0.29) is 17.9 Å². The number of halogens is 1. The van der Waals surface area contributed by atoms with Crippen LogP contribution in [0.3, 0.4) is 0 Å². The first kappa shape index (κ1) is 15.4. The molecule has 0 aromatic carbocycles. The van der Waals surface area contributed by atoms with Crippen molar-refractivity contribution in [1.82, 2.24) is 9.47 Å². The van der Waals surface area contributed by atoms with E-state index in [0.29, 0.717) is 18.1 Å². The average Bonchev–Trinajstić information content (AvgIpc) is 2.37. The molecule has 1 aliphatic heterocycles. The normalized spacial score (nSPS) is 20.7. The number of pyridine rings is 1. The van der Waals surface area contributed by atoms with Crippen LogP contribution in [0.2, 0.25) is 0 Å². The molecule has 120 valence electrons. The van der Waals surface area contributed by atoms with E-state index in [9.17, 15) is 14.0 Å². The maximum Gasteiger partial charge on any atom is 0.263 e. The predicted molar refractivity (Wildman–Crippen MR) is 79.6 cm³/mol. The minimum atomic E-state index is -0.590. The summed E-state index contributed by atoms with van der Waals surface area (Å²) in [5.74, 6) is -0.921. The molecule has 5 nitrogen and oxygen atoms in total. The van der Waals surface area contributed by atoms with E-state index in [0.717, 1.165) is 30.5 Å². The van der Waals surface area contributed by atoms with Crippen LogP contribution in [-0.4, -0.2) is 48.1 Å². The van der Waals surface area contributed by atoms with Crippen LogP contribution in [0.25, 0.3) is 0 Å². The van der Waals surface area contributed by atoms with Crippen molar-refractivity contribution in [2.45, 2.75) is 32.4 Å². The fourth-order valence-corrected chi connectivity index (χ4v) is 3.66. The number of carbonyl (C=O) groups excluding carboxylic acids is 1. The van der Waals surface area contributed by atoms with Gasteiger partial charge in [0.1, 0.15) is 0 Å². The van der Waals surface area contributed by atoms with E-state index in [1.54, 1.807) is 7.11 Å². The van der Waals surface area contributed by atoms with E-state index >= 15 is 0 Å². The highest BCUT2D eigenvalue weighted by molar-refractivity contribution is 5.93. The Kier molecular flexibility index (Phi) is 3.91. The first-order valence-electron chi connectivity index (χ1n) is 7.59. The smallest absolute Gasteiger partial charge is 0.263 e. The van der Waals surface area contributed by atoms with Gasteiger partial charge < -0.3 is 9.64 Å². The van der Waals surface area contributed by atoms with Crippen LogP contribution in [0.1, 0.15) is 30.1 Å². The van der Waals surface area contributed by atoms with Crippen molar-refractivity contribution < 1.29 is 13.9 Å². The lowest BCUT2D eigenvalue weighted by atomic mass is 9.62. The highest BCUT2D eigenvalue weighted by Gasteiger charge is 2.52. The van der Waals surface area contributed by atoms with E-state index in [1.165, 1.54) is 19.1 Å². The molecular formula is C16H21FN2O3. The van der Waals surface area contributed by atoms with E-state index in [1.807, 2.05) is 0 Å². The molecule has 2 fully saturated rings. The number of ether oxygens (including phenoxy) is 1. The molecule has 1 aromatic rings. The first-order valence-corrected chi connectivity index (χ1v) is 7.59. The minimum Gasteiger partial charge on any atom is -0.381 e. The molecule has 1 saturated carbocycles. The lowest BCUT2D eigenvalue weighted by molar-refractivity contribution is -0.140. The molecule has 1 saturated heterocycles. The van der Waals surface area contributed by atoms with Gasteiger partial charge in [-0.15, -0.1) is 0 Å². The second kappa shape index (κ2) is 5.59. The number of Topliss-reactive ketones (excluding diaryl/α,β-unsaturated/α-hetero) is 1. The zero-order valence-electron chi connectivity index (χ0n) is 13.0. The van der Waals surface area contributed by atoms with Gasteiger partial charge >= 0.3 is 0 Å². The van der Waals surface area contributed by atoms with Gasteiger partial charge in [0.2, 0.25) is 0 Å². The number of hydrogen-bond acceptors (Lipinski definition) is 4. The number of rotatable bonds is 5. The number of methoxy groups -OCH3 is 1. The van der Waals surface area contributed by atoms with Crippen molar-refractivity contribution in [3.63, 3.8) is 0 Å². The second-order valence-electron chi connectivity index (χ2n) is 6.56. The summed E-state index contributed by atoms with van der Waals surface area (Å²) in [6, 6.07) is 2.44. The molecule has 0 atom stereocenters. The molecule has 6 heteroatoms. The van der Waals surface area contributed by atoms with Gasteiger partial charge in [0.15, 0.2) is 11.7 Å². The monoisotopic (exact) mass is 308 g/mol. The summed E-state index contributed by atoms with van der Waals surface area (Å²) in [7, 11) is 1.74. The highest BCUT2D eigenvalue weighted by atomic mass is 19.1. The van der Waals surface area contributed by atoms with Gasteiger partial charge in [0, 0.05) is 38.7 Å². The maximum atomic E-state index is 13.8. The molecule has 1 spiro atoms. The standard InChI is InChI=1S/C16H21FN2O3/c1-11(20)13-3-4-14(17)19(15(13)21)6-5-18-9-16(10-18)7-12(8-16)22-2/h3-4,12H,5-10H2,1-2H3. The van der Waals surface area contributed by atoms with Crippen molar-refractivity contribution in [3.8, 4) is 0 Å². The van der Waals surface area contributed by atoms with Gasteiger partial charge in [-0.1, -0.05) is 0 Å². The van der Waals surface area contributed by atoms with Crippen LogP contribution >= 0.6 is 0 Å². The Morgan fingerprint density at radius 1 is 1.36 bits per heavy atom. The third-order valence-corrected chi connectivity index (χ3v) is 4.91. The van der Waals surface area contributed by atoms with Gasteiger partial charge in [-0.25, -0.2) is 0 Å². The van der Waals surface area contributed by atoms with Crippen molar-refractivity contribution in [1.29, 1.82) is 0 Å². The Labute approximate surface area is 128 Å². The lowest BCUT2D eigenvalue weighted by Crippen LogP contribution is -2.64. The lowest BCUT2D eigenvalue weighted by Gasteiger charge is -2.58. The Morgan fingerprint density at radius 2 is 2.05 bits per heavy atom. The number of carbonyl (C=O) groups is 1. The molecule has 0 bridgehead atoms. The molecule has 0 radical (unpaired) electrons. The largest absolute Gasteiger partial charge is 0.381 e. The minimum absolute atomic E-state index is 0.0448. The molecule has 22 heavy (non-hydrogen) atoms. The fourth-order valence-electron chi connectivity index (χ4n) is 3.66. The van der Waals surface area contributed by atoms with Crippen LogP contribution in [0.15, 0.2) is 16.9 Å². The molecule has 0 N–H and O–H groups in total. The molecule has 0 amide bonds. The number of nitrogens with zero attached hydrogens (tertiary/aromatic N) is 2. The van der Waals surface area contributed by atoms with Crippen molar-refractivity contribution in [2.75, 3.05) is 26.7 Å². The molecule has 1 aromatic heterocycles. The highest BCUT2D eigenvalue weighted by Crippen LogP contribution is 2.49. The SMILES string of the molecule is COC1CC2(C1)CN(CCn1c(F)ccc(C(C)=O)c1=O)C2. The third kappa shape index (κ3) is 2.61. The fraction of sp³-hybridized carbons (Fsp3) is 0.625. The Morgan fingerprint density at radius 3 is 2.64 bits per heavy atom. The summed E-state index contributed by atoms with van der Waals surface area (Å²) in [6.45, 7) is 4.18. The van der Waals surface area contributed by atoms with Crippen LogP contribution in [-0.2, 0) is 11.3 Å². The van der Waals surface area contributed by atoms with E-state index in [4.69, 9.17) is 4.74 Å². The summed E-state index contributed by atoms with van der Waals surface area (Å²) >= 11 is 0. The zero-order valence-corrected chi connectivity index (χ0v) is 13.0. The molecule has 1 aliphatic carbocycles. The summed E-state index contributed by atoms with van der Waals surface area (Å²) in [5.41, 5.74) is -0.111. The second-order valence-corrected chi connectivity index (χ2v) is 6.56. The summed E-state index contributed by atoms with van der Waals surface area (Å²) < 4.78 is 20.2.